The van der Waals surface area contributed by atoms with E-state index in [2.05, 4.69) is 190 Å². The molecule has 282 valence electrons. The van der Waals surface area contributed by atoms with Crippen LogP contribution in [0.15, 0.2) is 196 Å². The average Bonchev–Trinajstić information content (AvgIpc) is 3.87. The van der Waals surface area contributed by atoms with Crippen molar-refractivity contribution in [2.45, 2.75) is 33.1 Å². The Hall–Kier alpha value is -6.81. The molecule has 0 saturated carbocycles. The van der Waals surface area contributed by atoms with Crippen molar-refractivity contribution in [2.75, 3.05) is 0 Å². The van der Waals surface area contributed by atoms with Gasteiger partial charge in [-0.05, 0) is 112 Å². The predicted octanol–water partition coefficient (Wildman–Crippen LogP) is 16.3. The number of aliphatic imine (C=N–C) groups is 1. The molecule has 59 heavy (non-hydrogen) atoms. The molecule has 0 unspecified atom stereocenters. The summed E-state index contributed by atoms with van der Waals surface area (Å²) in [6.45, 7) is 4.66. The van der Waals surface area contributed by atoms with E-state index in [-0.39, 0.29) is 0 Å². The summed E-state index contributed by atoms with van der Waals surface area (Å²) >= 11 is 1.88. The molecule has 0 N–H and O–H groups in total. The minimum absolute atomic E-state index is 0.839. The first-order valence-electron chi connectivity index (χ1n) is 20.6. The van der Waals surface area contributed by atoms with Crippen LogP contribution in [0.4, 0.5) is 0 Å². The van der Waals surface area contributed by atoms with E-state index in [1.54, 1.807) is 0 Å². The quantitative estimate of drug-likeness (QED) is 0.165. The minimum Gasteiger partial charge on any atom is -0.456 e. The van der Waals surface area contributed by atoms with Gasteiger partial charge >= 0.3 is 0 Å². The summed E-state index contributed by atoms with van der Waals surface area (Å²) in [4.78, 5) is 5.79. The fourth-order valence-electron chi connectivity index (χ4n) is 9.46. The van der Waals surface area contributed by atoms with Gasteiger partial charge in [-0.2, -0.15) is 0 Å². The zero-order valence-electron chi connectivity index (χ0n) is 33.1. The zero-order valence-corrected chi connectivity index (χ0v) is 33.9. The molecule has 0 spiro atoms. The van der Waals surface area contributed by atoms with Crippen LogP contribution in [0.25, 0.3) is 86.4 Å². The second-order valence-corrected chi connectivity index (χ2v) is 16.7. The highest BCUT2D eigenvalue weighted by atomic mass is 32.1. The number of hydrogen-bond acceptors (Lipinski definition) is 3. The van der Waals surface area contributed by atoms with E-state index in [0.717, 1.165) is 63.7 Å². The van der Waals surface area contributed by atoms with Crippen molar-refractivity contribution in [1.29, 1.82) is 0 Å². The third kappa shape index (κ3) is 5.96. The molecule has 3 heteroatoms. The van der Waals surface area contributed by atoms with Crippen molar-refractivity contribution in [3.05, 3.63) is 204 Å². The molecular weight excluding hydrogens is 735 g/mol. The Morgan fingerprint density at radius 2 is 1.14 bits per heavy atom. The molecule has 0 atom stereocenters. The van der Waals surface area contributed by atoms with E-state index in [1.807, 2.05) is 11.3 Å². The first-order chi connectivity index (χ1) is 29.1. The van der Waals surface area contributed by atoms with Crippen LogP contribution in [-0.4, -0.2) is 5.71 Å². The molecule has 1 aliphatic heterocycles. The van der Waals surface area contributed by atoms with Gasteiger partial charge in [0.05, 0.1) is 5.70 Å². The molecule has 8 aromatic carbocycles. The maximum Gasteiger partial charge on any atom is 0.136 e. The predicted molar refractivity (Wildman–Crippen MR) is 253 cm³/mol. The van der Waals surface area contributed by atoms with Crippen molar-refractivity contribution >= 4 is 81.2 Å². The average molecular weight is 776 g/mol. The molecule has 0 saturated heterocycles. The maximum atomic E-state index is 6.53. The first-order valence-corrected chi connectivity index (χ1v) is 21.5. The van der Waals surface area contributed by atoms with E-state index >= 15 is 0 Å². The van der Waals surface area contributed by atoms with E-state index in [1.165, 1.54) is 75.5 Å². The Labute approximate surface area is 348 Å². The SMILES string of the molecule is CCC1=C(c2cccc3c(-c4cccc5oc6ccc(-c7ccccc7)cc6c45)cccc23)N=C(c2ccccc2)CCC(C)=C1c1cccc2sc3ccccc3c12. The van der Waals surface area contributed by atoms with Crippen molar-refractivity contribution < 1.29 is 4.42 Å². The molecule has 10 aromatic rings. The molecule has 11 rings (SSSR count). The fraction of sp³-hybridized carbons (Fsp3) is 0.0893. The molecule has 1 aliphatic rings. The van der Waals surface area contributed by atoms with Gasteiger partial charge in [-0.3, -0.25) is 4.99 Å². The smallest absolute Gasteiger partial charge is 0.136 e. The summed E-state index contributed by atoms with van der Waals surface area (Å²) in [6.07, 6.45) is 2.63. The topological polar surface area (TPSA) is 25.5 Å². The lowest BCUT2D eigenvalue weighted by atomic mass is 9.83. The van der Waals surface area contributed by atoms with Gasteiger partial charge in [0.1, 0.15) is 11.2 Å². The first kappa shape index (κ1) is 35.4. The summed E-state index contributed by atoms with van der Waals surface area (Å²) in [5, 5.41) is 7.31. The van der Waals surface area contributed by atoms with E-state index in [9.17, 15) is 0 Å². The van der Waals surface area contributed by atoms with Crippen LogP contribution in [0, 0.1) is 0 Å². The molecule has 0 radical (unpaired) electrons. The minimum atomic E-state index is 0.839. The third-order valence-corrected chi connectivity index (χ3v) is 13.3. The number of fused-ring (bicyclic) bond motifs is 7. The van der Waals surface area contributed by atoms with Gasteiger partial charge in [0.2, 0.25) is 0 Å². The largest absolute Gasteiger partial charge is 0.456 e. The van der Waals surface area contributed by atoms with Crippen LogP contribution < -0.4 is 0 Å². The van der Waals surface area contributed by atoms with Gasteiger partial charge in [-0.1, -0.05) is 158 Å². The number of allylic oxidation sites excluding steroid dienone is 3. The number of rotatable bonds is 6. The highest BCUT2D eigenvalue weighted by Crippen LogP contribution is 2.47. The van der Waals surface area contributed by atoms with Gasteiger partial charge in [0.15, 0.2) is 0 Å². The summed E-state index contributed by atoms with van der Waals surface area (Å²) in [5.74, 6) is 0. The molecule has 2 aromatic heterocycles. The Kier molecular flexibility index (Phi) is 8.71. The molecule has 0 bridgehead atoms. The van der Waals surface area contributed by atoms with Crippen LogP contribution in [0.1, 0.15) is 49.8 Å². The summed E-state index contributed by atoms with van der Waals surface area (Å²) in [6, 6.07) is 63.7. The van der Waals surface area contributed by atoms with Gasteiger partial charge in [-0.25, -0.2) is 0 Å². The molecule has 3 heterocycles. The number of nitrogens with zero attached hydrogens (tertiary/aromatic N) is 1. The molecule has 0 amide bonds. The maximum absolute atomic E-state index is 6.53. The van der Waals surface area contributed by atoms with E-state index < -0.39 is 0 Å². The number of furan rings is 1. The Morgan fingerprint density at radius 3 is 1.95 bits per heavy atom. The van der Waals surface area contributed by atoms with Gasteiger partial charge in [0.25, 0.3) is 0 Å². The van der Waals surface area contributed by atoms with Gasteiger partial charge < -0.3 is 4.42 Å². The standard InChI is InChI=1S/C56H41NOS/c1-3-39-53(46-26-15-29-52-55(46)45-20-10-11-28-51(45)59-52)35(2)30-32-48(37-18-8-5-9-19-37)57-56(39)44-25-13-21-40-41(22-12-23-42(40)44)43-24-14-27-50-54(43)47-34-38(31-33-49(47)58-50)36-16-6-4-7-17-36/h4-29,31,33-34H,3,30,32H2,1-2H3. The van der Waals surface area contributed by atoms with Gasteiger partial charge in [-0.15, -0.1) is 11.3 Å². The van der Waals surface area contributed by atoms with Crippen LogP contribution >= 0.6 is 11.3 Å². The molecular formula is C56H41NOS. The summed E-state index contributed by atoms with van der Waals surface area (Å²) in [5.41, 5.74) is 16.3. The lowest BCUT2D eigenvalue weighted by molar-refractivity contribution is 0.669. The number of benzene rings is 8. The Balaban J connectivity index is 1.17. The summed E-state index contributed by atoms with van der Waals surface area (Å²) < 4.78 is 9.18. The van der Waals surface area contributed by atoms with Crippen molar-refractivity contribution in [3.8, 4) is 22.3 Å². The summed E-state index contributed by atoms with van der Waals surface area (Å²) in [7, 11) is 0. The highest BCUT2D eigenvalue weighted by Gasteiger charge is 2.25. The Bertz CT molecular complexity index is 3360. The normalized spacial score (nSPS) is 13.8. The molecule has 0 fully saturated rings. The van der Waals surface area contributed by atoms with Crippen LogP contribution in [0.2, 0.25) is 0 Å². The van der Waals surface area contributed by atoms with Crippen LogP contribution in [-0.2, 0) is 0 Å². The highest BCUT2D eigenvalue weighted by molar-refractivity contribution is 7.25. The number of thiophene rings is 1. The van der Waals surface area contributed by atoms with Crippen LogP contribution in [0.5, 0.6) is 0 Å². The van der Waals surface area contributed by atoms with Crippen molar-refractivity contribution in [2.24, 2.45) is 4.99 Å². The lowest BCUT2D eigenvalue weighted by Gasteiger charge is -2.24. The monoisotopic (exact) mass is 775 g/mol. The van der Waals surface area contributed by atoms with Gasteiger partial charge in [0, 0.05) is 42.2 Å². The Morgan fingerprint density at radius 1 is 0.492 bits per heavy atom. The second-order valence-electron chi connectivity index (χ2n) is 15.6. The number of hydrogen-bond donors (Lipinski definition) is 0. The van der Waals surface area contributed by atoms with Crippen LogP contribution in [0.3, 0.4) is 0 Å². The van der Waals surface area contributed by atoms with Crippen molar-refractivity contribution in [3.63, 3.8) is 0 Å². The molecule has 2 nitrogen and oxygen atoms in total. The fourth-order valence-corrected chi connectivity index (χ4v) is 10.6. The second kappa shape index (κ2) is 14.5. The van der Waals surface area contributed by atoms with Crippen molar-refractivity contribution in [1.82, 2.24) is 0 Å². The lowest BCUT2D eigenvalue weighted by Crippen LogP contribution is -2.08. The van der Waals surface area contributed by atoms with E-state index in [0.29, 0.717) is 0 Å². The van der Waals surface area contributed by atoms with E-state index in [4.69, 9.17) is 9.41 Å². The third-order valence-electron chi connectivity index (χ3n) is 12.2. The zero-order chi connectivity index (χ0) is 39.5. The molecule has 0 aliphatic carbocycles.